The number of aliphatic hydroxyl groups excluding tert-OH is 1. The quantitative estimate of drug-likeness (QED) is 0.833. The standard InChI is InChI=1S/C16H21F3O/c1-2-11-5-3-6-12(9-11)15(20)13-7-4-8-14(10-13)16(17,18)19/h4,7-8,10-12,15,20H,2-3,5-6,9H2,1H3. The van der Waals surface area contributed by atoms with Crippen LogP contribution in [0.1, 0.15) is 56.3 Å². The van der Waals surface area contributed by atoms with Crippen molar-refractivity contribution in [3.8, 4) is 0 Å². The maximum atomic E-state index is 12.7. The van der Waals surface area contributed by atoms with Crippen molar-refractivity contribution in [3.05, 3.63) is 35.4 Å². The molecule has 1 aromatic carbocycles. The summed E-state index contributed by atoms with van der Waals surface area (Å²) >= 11 is 0. The van der Waals surface area contributed by atoms with Gasteiger partial charge in [0, 0.05) is 0 Å². The van der Waals surface area contributed by atoms with Gasteiger partial charge in [0.2, 0.25) is 0 Å². The Kier molecular flexibility index (Phi) is 4.74. The summed E-state index contributed by atoms with van der Waals surface area (Å²) in [6.07, 6.45) is -0.0321. The van der Waals surface area contributed by atoms with E-state index in [4.69, 9.17) is 0 Å². The average Bonchev–Trinajstić information content (AvgIpc) is 2.46. The van der Waals surface area contributed by atoms with E-state index in [1.54, 1.807) is 6.07 Å². The minimum absolute atomic E-state index is 0.0807. The molecule has 1 N–H and O–H groups in total. The van der Waals surface area contributed by atoms with Crippen molar-refractivity contribution in [2.24, 2.45) is 11.8 Å². The highest BCUT2D eigenvalue weighted by Crippen LogP contribution is 2.39. The number of hydrogen-bond donors (Lipinski definition) is 1. The van der Waals surface area contributed by atoms with Crippen molar-refractivity contribution in [1.29, 1.82) is 0 Å². The van der Waals surface area contributed by atoms with Gasteiger partial charge in [-0.1, -0.05) is 38.3 Å². The third-order valence-corrected chi connectivity index (χ3v) is 4.40. The van der Waals surface area contributed by atoms with Crippen molar-refractivity contribution >= 4 is 0 Å². The van der Waals surface area contributed by atoms with Crippen molar-refractivity contribution < 1.29 is 18.3 Å². The normalized spacial score (nSPS) is 25.4. The second kappa shape index (κ2) is 6.17. The van der Waals surface area contributed by atoms with Gasteiger partial charge in [0.05, 0.1) is 11.7 Å². The lowest BCUT2D eigenvalue weighted by Crippen LogP contribution is -2.21. The van der Waals surface area contributed by atoms with Crippen molar-refractivity contribution in [1.82, 2.24) is 0 Å². The Labute approximate surface area is 117 Å². The fourth-order valence-electron chi connectivity index (χ4n) is 3.16. The van der Waals surface area contributed by atoms with Crippen LogP contribution in [0.4, 0.5) is 13.2 Å². The predicted molar refractivity (Wildman–Crippen MR) is 72.1 cm³/mol. The molecule has 0 aliphatic heterocycles. The van der Waals surface area contributed by atoms with Crippen molar-refractivity contribution in [2.45, 2.75) is 51.3 Å². The van der Waals surface area contributed by atoms with Gasteiger partial charge in [-0.3, -0.25) is 0 Å². The highest BCUT2D eigenvalue weighted by Gasteiger charge is 2.32. The topological polar surface area (TPSA) is 20.2 Å². The largest absolute Gasteiger partial charge is 0.416 e. The molecule has 0 spiro atoms. The summed E-state index contributed by atoms with van der Waals surface area (Å²) in [4.78, 5) is 0. The summed E-state index contributed by atoms with van der Waals surface area (Å²) in [5.74, 6) is 0.673. The molecule has 1 aliphatic carbocycles. The van der Waals surface area contributed by atoms with Gasteiger partial charge in [-0.2, -0.15) is 13.2 Å². The third kappa shape index (κ3) is 3.54. The number of hydrogen-bond acceptors (Lipinski definition) is 1. The van der Waals surface area contributed by atoms with Gasteiger partial charge in [0.1, 0.15) is 0 Å². The van der Waals surface area contributed by atoms with E-state index in [1.807, 2.05) is 0 Å². The van der Waals surface area contributed by atoms with E-state index in [-0.39, 0.29) is 5.92 Å². The Balaban J connectivity index is 2.14. The molecule has 112 valence electrons. The first-order chi connectivity index (χ1) is 9.41. The maximum Gasteiger partial charge on any atom is 0.416 e. The van der Waals surface area contributed by atoms with Gasteiger partial charge in [-0.25, -0.2) is 0 Å². The molecular formula is C16H21F3O. The molecule has 3 unspecified atom stereocenters. The molecular weight excluding hydrogens is 265 g/mol. The number of rotatable bonds is 3. The van der Waals surface area contributed by atoms with E-state index in [1.165, 1.54) is 12.5 Å². The molecule has 20 heavy (non-hydrogen) atoms. The second-order valence-electron chi connectivity index (χ2n) is 5.77. The lowest BCUT2D eigenvalue weighted by molar-refractivity contribution is -0.137. The van der Waals surface area contributed by atoms with E-state index in [0.29, 0.717) is 11.5 Å². The van der Waals surface area contributed by atoms with Crippen LogP contribution < -0.4 is 0 Å². The van der Waals surface area contributed by atoms with Crippen LogP contribution >= 0.6 is 0 Å². The van der Waals surface area contributed by atoms with Crippen LogP contribution in [0.25, 0.3) is 0 Å². The molecule has 1 aliphatic rings. The monoisotopic (exact) mass is 286 g/mol. The molecule has 1 fully saturated rings. The molecule has 1 aromatic rings. The summed E-state index contributed by atoms with van der Waals surface area (Å²) in [5.41, 5.74) is -0.293. The first-order valence-corrected chi connectivity index (χ1v) is 7.27. The Morgan fingerprint density at radius 3 is 2.70 bits per heavy atom. The van der Waals surface area contributed by atoms with Gasteiger partial charge < -0.3 is 5.11 Å². The van der Waals surface area contributed by atoms with E-state index in [9.17, 15) is 18.3 Å². The summed E-state index contributed by atoms with van der Waals surface area (Å²) in [6.45, 7) is 2.13. The van der Waals surface area contributed by atoms with Gasteiger partial charge in [-0.15, -0.1) is 0 Å². The number of halogens is 3. The molecule has 1 nitrogen and oxygen atoms in total. The molecule has 4 heteroatoms. The van der Waals surface area contributed by atoms with Gasteiger partial charge in [0.25, 0.3) is 0 Å². The third-order valence-electron chi connectivity index (χ3n) is 4.40. The molecule has 0 saturated heterocycles. The molecule has 0 aromatic heterocycles. The lowest BCUT2D eigenvalue weighted by Gasteiger charge is -2.32. The summed E-state index contributed by atoms with van der Waals surface area (Å²) < 4.78 is 38.1. The number of alkyl halides is 3. The SMILES string of the molecule is CCC1CCCC(C(O)c2cccc(C(F)(F)F)c2)C1. The van der Waals surface area contributed by atoms with Gasteiger partial charge in [0.15, 0.2) is 0 Å². The highest BCUT2D eigenvalue weighted by atomic mass is 19.4. The van der Waals surface area contributed by atoms with Crippen molar-refractivity contribution in [3.63, 3.8) is 0 Å². The molecule has 0 radical (unpaired) electrons. The minimum Gasteiger partial charge on any atom is -0.388 e. The summed E-state index contributed by atoms with van der Waals surface area (Å²) in [7, 11) is 0. The zero-order chi connectivity index (χ0) is 14.8. The lowest BCUT2D eigenvalue weighted by atomic mass is 9.76. The van der Waals surface area contributed by atoms with Crippen LogP contribution in [0, 0.1) is 11.8 Å². The zero-order valence-electron chi connectivity index (χ0n) is 11.7. The molecule has 0 amide bonds. The molecule has 3 atom stereocenters. The van der Waals surface area contributed by atoms with Crippen LogP contribution in [0.2, 0.25) is 0 Å². The Bertz CT molecular complexity index is 442. The van der Waals surface area contributed by atoms with Crippen LogP contribution in [-0.4, -0.2) is 5.11 Å². The summed E-state index contributed by atoms with van der Waals surface area (Å²) in [6, 6.07) is 5.10. The smallest absolute Gasteiger partial charge is 0.388 e. The van der Waals surface area contributed by atoms with E-state index >= 15 is 0 Å². The molecule has 2 rings (SSSR count). The van der Waals surface area contributed by atoms with Crippen LogP contribution in [0.3, 0.4) is 0 Å². The van der Waals surface area contributed by atoms with Gasteiger partial charge >= 0.3 is 6.18 Å². The van der Waals surface area contributed by atoms with Crippen LogP contribution in [-0.2, 0) is 6.18 Å². The first kappa shape index (κ1) is 15.4. The average molecular weight is 286 g/mol. The van der Waals surface area contributed by atoms with E-state index < -0.39 is 17.8 Å². The molecule has 0 bridgehead atoms. The maximum absolute atomic E-state index is 12.7. The van der Waals surface area contributed by atoms with Crippen LogP contribution in [0.5, 0.6) is 0 Å². The Morgan fingerprint density at radius 2 is 2.05 bits per heavy atom. The number of benzene rings is 1. The highest BCUT2D eigenvalue weighted by molar-refractivity contribution is 5.27. The Morgan fingerprint density at radius 1 is 1.30 bits per heavy atom. The molecule has 1 saturated carbocycles. The van der Waals surface area contributed by atoms with Gasteiger partial charge in [-0.05, 0) is 42.4 Å². The van der Waals surface area contributed by atoms with Crippen molar-refractivity contribution in [2.75, 3.05) is 0 Å². The van der Waals surface area contributed by atoms with Crippen LogP contribution in [0.15, 0.2) is 24.3 Å². The predicted octanol–water partition coefficient (Wildman–Crippen LogP) is 4.96. The van der Waals surface area contributed by atoms with E-state index in [0.717, 1.165) is 37.8 Å². The van der Waals surface area contributed by atoms with E-state index in [2.05, 4.69) is 6.92 Å². The Hall–Kier alpha value is -1.03. The first-order valence-electron chi connectivity index (χ1n) is 7.27. The fourth-order valence-corrected chi connectivity index (χ4v) is 3.16. The zero-order valence-corrected chi connectivity index (χ0v) is 11.7. The minimum atomic E-state index is -4.35. The second-order valence-corrected chi connectivity index (χ2v) is 5.77. The molecule has 0 heterocycles. The fraction of sp³-hybridized carbons (Fsp3) is 0.625. The summed E-state index contributed by atoms with van der Waals surface area (Å²) in [5, 5.41) is 10.4. The number of aliphatic hydroxyl groups is 1.